The number of nitrogens with one attached hydrogen (secondary N) is 1. The van der Waals surface area contributed by atoms with Crippen LogP contribution in [0.5, 0.6) is 5.75 Å². The van der Waals surface area contributed by atoms with Crippen LogP contribution in [0.1, 0.15) is 16.8 Å². The molecule has 0 atom stereocenters. The number of para-hydroxylation sites is 1. The summed E-state index contributed by atoms with van der Waals surface area (Å²) in [6.07, 6.45) is 0.421. The number of carbonyl (C=O) groups is 1. The Balaban J connectivity index is 2.21. The van der Waals surface area contributed by atoms with Crippen LogP contribution in [0.4, 0.5) is 10.1 Å². The fourth-order valence-electron chi connectivity index (χ4n) is 1.95. The second-order valence-corrected chi connectivity index (χ2v) is 5.69. The van der Waals surface area contributed by atoms with Crippen molar-refractivity contribution in [2.24, 2.45) is 0 Å². The average Bonchev–Trinajstić information content (AvgIpc) is 2.56. The number of halogens is 1. The maximum atomic E-state index is 13.4. The maximum absolute atomic E-state index is 13.4. The number of anilines is 1. The van der Waals surface area contributed by atoms with E-state index < -0.39 is 11.7 Å². The van der Waals surface area contributed by atoms with Gasteiger partial charge in [-0.05, 0) is 30.3 Å². The molecule has 0 radical (unpaired) electrons. The van der Waals surface area contributed by atoms with Gasteiger partial charge in [-0.3, -0.25) is 4.79 Å². The van der Waals surface area contributed by atoms with Gasteiger partial charge in [-0.15, -0.1) is 11.8 Å². The quantitative estimate of drug-likeness (QED) is 0.640. The van der Waals surface area contributed by atoms with Crippen molar-refractivity contribution in [3.63, 3.8) is 0 Å². The molecule has 2 aromatic rings. The van der Waals surface area contributed by atoms with Crippen LogP contribution in [-0.4, -0.2) is 18.8 Å². The van der Waals surface area contributed by atoms with Crippen LogP contribution < -0.4 is 10.1 Å². The molecule has 0 heterocycles. The molecule has 0 saturated heterocycles. The molecule has 0 fully saturated rings. The van der Waals surface area contributed by atoms with Gasteiger partial charge < -0.3 is 10.1 Å². The largest absolute Gasteiger partial charge is 0.496 e. The minimum Gasteiger partial charge on any atom is -0.496 e. The molecule has 0 spiro atoms. The molecule has 0 bridgehead atoms. The van der Waals surface area contributed by atoms with Crippen molar-refractivity contribution in [1.29, 1.82) is 5.26 Å². The highest BCUT2D eigenvalue weighted by Gasteiger charge is 2.15. The highest BCUT2D eigenvalue weighted by atomic mass is 32.2. The Kier molecular flexibility index (Phi) is 6.01. The molecule has 4 nitrogen and oxygen atoms in total. The van der Waals surface area contributed by atoms with Crippen molar-refractivity contribution in [2.75, 3.05) is 18.2 Å². The van der Waals surface area contributed by atoms with Crippen molar-refractivity contribution in [3.05, 3.63) is 53.8 Å². The molecule has 0 aliphatic rings. The molecule has 118 valence electrons. The van der Waals surface area contributed by atoms with Gasteiger partial charge in [0.25, 0.3) is 5.91 Å². The summed E-state index contributed by atoms with van der Waals surface area (Å²) < 4.78 is 18.5. The maximum Gasteiger partial charge on any atom is 0.259 e. The number of amides is 1. The third-order valence-electron chi connectivity index (χ3n) is 3.01. The van der Waals surface area contributed by atoms with Crippen molar-refractivity contribution < 1.29 is 13.9 Å². The lowest BCUT2D eigenvalue weighted by Crippen LogP contribution is -2.14. The first-order valence-corrected chi connectivity index (χ1v) is 7.88. The summed E-state index contributed by atoms with van der Waals surface area (Å²) in [5.74, 6) is -0.0204. The molecule has 0 saturated carbocycles. The van der Waals surface area contributed by atoms with Crippen LogP contribution in [-0.2, 0) is 0 Å². The van der Waals surface area contributed by atoms with Crippen molar-refractivity contribution in [2.45, 2.75) is 11.3 Å². The molecule has 2 aromatic carbocycles. The monoisotopic (exact) mass is 330 g/mol. The first-order chi connectivity index (χ1) is 11.2. The van der Waals surface area contributed by atoms with Gasteiger partial charge in [0.15, 0.2) is 0 Å². The first kappa shape index (κ1) is 16.8. The van der Waals surface area contributed by atoms with Crippen molar-refractivity contribution in [3.8, 4) is 11.8 Å². The Labute approximate surface area is 138 Å². The van der Waals surface area contributed by atoms with E-state index in [2.05, 4.69) is 11.4 Å². The molecule has 2 rings (SSSR count). The van der Waals surface area contributed by atoms with Gasteiger partial charge >= 0.3 is 0 Å². The predicted octanol–water partition coefficient (Wildman–Crippen LogP) is 4.09. The second-order valence-electron chi connectivity index (χ2n) is 4.55. The topological polar surface area (TPSA) is 62.1 Å². The molecule has 0 aromatic heterocycles. The van der Waals surface area contributed by atoms with Crippen LogP contribution in [0, 0.1) is 17.1 Å². The number of methoxy groups -OCH3 is 1. The van der Waals surface area contributed by atoms with Gasteiger partial charge in [0.05, 0.1) is 24.4 Å². The van der Waals surface area contributed by atoms with E-state index in [1.807, 2.05) is 12.1 Å². The molecule has 23 heavy (non-hydrogen) atoms. The number of hydrogen-bond donors (Lipinski definition) is 1. The highest BCUT2D eigenvalue weighted by Crippen LogP contribution is 2.29. The highest BCUT2D eigenvalue weighted by molar-refractivity contribution is 7.99. The molecule has 0 aliphatic heterocycles. The Hall–Kier alpha value is -2.52. The molecule has 1 N–H and O–H groups in total. The van der Waals surface area contributed by atoms with Crippen LogP contribution in [0.3, 0.4) is 0 Å². The fraction of sp³-hybridized carbons (Fsp3) is 0.176. The van der Waals surface area contributed by atoms with Gasteiger partial charge in [-0.25, -0.2) is 4.39 Å². The normalized spacial score (nSPS) is 9.96. The van der Waals surface area contributed by atoms with Crippen LogP contribution in [0.15, 0.2) is 47.4 Å². The minimum absolute atomic E-state index is 0.129. The van der Waals surface area contributed by atoms with Gasteiger partial charge in [0.1, 0.15) is 11.6 Å². The van der Waals surface area contributed by atoms with Crippen LogP contribution in [0.2, 0.25) is 0 Å². The SMILES string of the molecule is COc1ccc(F)cc1C(=O)Nc1ccccc1SCCC#N. The van der Waals surface area contributed by atoms with E-state index in [0.717, 1.165) is 11.0 Å². The third-order valence-corrected chi connectivity index (χ3v) is 4.09. The lowest BCUT2D eigenvalue weighted by molar-refractivity contribution is 0.102. The molecule has 6 heteroatoms. The van der Waals surface area contributed by atoms with E-state index >= 15 is 0 Å². The number of carbonyl (C=O) groups excluding carboxylic acids is 1. The Bertz CT molecular complexity index is 744. The lowest BCUT2D eigenvalue weighted by atomic mass is 10.1. The zero-order valence-corrected chi connectivity index (χ0v) is 13.3. The van der Waals surface area contributed by atoms with Crippen molar-refractivity contribution in [1.82, 2.24) is 0 Å². The fourth-order valence-corrected chi connectivity index (χ4v) is 2.81. The summed E-state index contributed by atoms with van der Waals surface area (Å²) >= 11 is 1.48. The number of ether oxygens (including phenoxy) is 1. The van der Waals surface area contributed by atoms with Crippen LogP contribution in [0.25, 0.3) is 0 Å². The number of nitrogens with zero attached hydrogens (tertiary/aromatic N) is 1. The molecule has 0 unspecified atom stereocenters. The summed E-state index contributed by atoms with van der Waals surface area (Å²) in [7, 11) is 1.43. The average molecular weight is 330 g/mol. The summed E-state index contributed by atoms with van der Waals surface area (Å²) in [4.78, 5) is 13.3. The molecular formula is C17H15FN2O2S. The molecule has 0 aliphatic carbocycles. The standard InChI is InChI=1S/C17H15FN2O2S/c1-22-15-8-7-12(18)11-13(15)17(21)20-14-5-2-3-6-16(14)23-10-4-9-19/h2-3,5-8,11H,4,10H2,1H3,(H,20,21). The van der Waals surface area contributed by atoms with E-state index in [-0.39, 0.29) is 5.56 Å². The van der Waals surface area contributed by atoms with E-state index in [0.29, 0.717) is 23.6 Å². The van der Waals surface area contributed by atoms with Gasteiger partial charge in [-0.2, -0.15) is 5.26 Å². The second kappa shape index (κ2) is 8.20. The molecular weight excluding hydrogens is 315 g/mol. The Morgan fingerprint density at radius 2 is 2.13 bits per heavy atom. The number of nitriles is 1. The van der Waals surface area contributed by atoms with Crippen molar-refractivity contribution >= 4 is 23.4 Å². The first-order valence-electron chi connectivity index (χ1n) is 6.89. The lowest BCUT2D eigenvalue weighted by Gasteiger charge is -2.12. The summed E-state index contributed by atoms with van der Waals surface area (Å²) in [6.45, 7) is 0. The van der Waals surface area contributed by atoms with E-state index in [1.165, 1.54) is 31.0 Å². The number of benzene rings is 2. The predicted molar refractivity (Wildman–Crippen MR) is 88.3 cm³/mol. The number of rotatable bonds is 6. The van der Waals surface area contributed by atoms with E-state index in [1.54, 1.807) is 12.1 Å². The van der Waals surface area contributed by atoms with Gasteiger partial charge in [-0.1, -0.05) is 12.1 Å². The Morgan fingerprint density at radius 1 is 1.35 bits per heavy atom. The minimum atomic E-state index is -0.507. The third kappa shape index (κ3) is 4.47. The van der Waals surface area contributed by atoms with E-state index in [9.17, 15) is 9.18 Å². The summed E-state index contributed by atoms with van der Waals surface area (Å²) in [5.41, 5.74) is 0.746. The zero-order chi connectivity index (χ0) is 16.7. The van der Waals surface area contributed by atoms with Crippen LogP contribution >= 0.6 is 11.8 Å². The summed E-state index contributed by atoms with van der Waals surface area (Å²) in [6, 6.07) is 13.1. The Morgan fingerprint density at radius 3 is 2.87 bits per heavy atom. The van der Waals surface area contributed by atoms with Gasteiger partial charge in [0.2, 0.25) is 0 Å². The molecule has 1 amide bonds. The smallest absolute Gasteiger partial charge is 0.259 e. The number of hydrogen-bond acceptors (Lipinski definition) is 4. The zero-order valence-electron chi connectivity index (χ0n) is 12.5. The number of thioether (sulfide) groups is 1. The van der Waals surface area contributed by atoms with E-state index in [4.69, 9.17) is 10.00 Å². The van der Waals surface area contributed by atoms with Gasteiger partial charge in [0, 0.05) is 17.1 Å². The summed E-state index contributed by atoms with van der Waals surface area (Å²) in [5, 5.41) is 11.4.